The van der Waals surface area contributed by atoms with E-state index in [-0.39, 0.29) is 12.7 Å². The number of nitroso groups, excluding NO2 is 1. The fourth-order valence-electron chi connectivity index (χ4n) is 4.38. The molecule has 8 heteroatoms. The first-order valence-electron chi connectivity index (χ1n) is 9.83. The average Bonchev–Trinajstić information content (AvgIpc) is 3.00. The molecule has 4 rings (SSSR count). The molecular formula is C21H27N4O3S+. The molecule has 29 heavy (non-hydrogen) atoms. The van der Waals surface area contributed by atoms with E-state index in [9.17, 15) is 13.3 Å². The maximum absolute atomic E-state index is 13.8. The van der Waals surface area contributed by atoms with Crippen LogP contribution in [0.15, 0.2) is 41.3 Å². The number of rotatable bonds is 3. The predicted molar refractivity (Wildman–Crippen MR) is 115 cm³/mol. The number of hydrogen-bond donors (Lipinski definition) is 0. The zero-order chi connectivity index (χ0) is 20.9. The summed E-state index contributed by atoms with van der Waals surface area (Å²) >= 11 is 0. The van der Waals surface area contributed by atoms with Crippen molar-refractivity contribution in [3.63, 3.8) is 0 Å². The first-order valence-corrected chi connectivity index (χ1v) is 11.3. The summed E-state index contributed by atoms with van der Waals surface area (Å²) in [5.74, 6) is 0. The highest BCUT2D eigenvalue weighted by atomic mass is 32.2. The smallest absolute Gasteiger partial charge is 0.267 e. The van der Waals surface area contributed by atoms with E-state index in [2.05, 4.69) is 4.90 Å². The van der Waals surface area contributed by atoms with Crippen LogP contribution in [0.4, 0.5) is 17.1 Å². The van der Waals surface area contributed by atoms with Crippen molar-refractivity contribution in [1.82, 2.24) is 0 Å². The van der Waals surface area contributed by atoms with Crippen LogP contribution < -0.4 is 14.1 Å². The van der Waals surface area contributed by atoms with Crippen LogP contribution in [0, 0.1) is 18.8 Å². The van der Waals surface area contributed by atoms with Crippen molar-refractivity contribution >= 4 is 27.1 Å². The lowest BCUT2D eigenvalue weighted by Crippen LogP contribution is -2.43. The Labute approximate surface area is 172 Å². The molecule has 0 N–H and O–H groups in total. The molecule has 0 saturated carbocycles. The molecule has 1 saturated heterocycles. The Balaban J connectivity index is 1.81. The Bertz CT molecular complexity index is 1080. The molecule has 0 aromatic heterocycles. The van der Waals surface area contributed by atoms with Crippen LogP contribution >= 0.6 is 0 Å². The summed E-state index contributed by atoms with van der Waals surface area (Å²) in [7, 11) is -1.76. The molecule has 2 aliphatic heterocycles. The van der Waals surface area contributed by atoms with E-state index in [1.807, 2.05) is 57.0 Å². The Hall–Kier alpha value is -2.61. The van der Waals surface area contributed by atoms with Gasteiger partial charge in [-0.05, 0) is 50.1 Å². The molecule has 0 spiro atoms. The van der Waals surface area contributed by atoms with Gasteiger partial charge < -0.3 is 9.80 Å². The molecule has 7 nitrogen and oxygen atoms in total. The third kappa shape index (κ3) is 3.15. The minimum absolute atomic E-state index is 0.0377. The summed E-state index contributed by atoms with van der Waals surface area (Å²) in [4.78, 5) is 16.2. The zero-order valence-electron chi connectivity index (χ0n) is 17.3. The predicted octanol–water partition coefficient (Wildman–Crippen LogP) is 2.89. The van der Waals surface area contributed by atoms with Crippen molar-refractivity contribution in [2.75, 3.05) is 47.5 Å². The molecule has 1 fully saturated rings. The van der Waals surface area contributed by atoms with Gasteiger partial charge >= 0.3 is 0 Å². The maximum Gasteiger partial charge on any atom is 0.267 e. The minimum atomic E-state index is -3.75. The second-order valence-corrected chi connectivity index (χ2v) is 9.80. The third-order valence-electron chi connectivity index (χ3n) is 5.96. The van der Waals surface area contributed by atoms with Crippen LogP contribution in [-0.2, 0) is 10.0 Å². The molecule has 1 atom stereocenters. The van der Waals surface area contributed by atoms with Crippen molar-refractivity contribution in [1.29, 1.82) is 0 Å². The first-order chi connectivity index (χ1) is 13.7. The number of aryl methyl sites for hydroxylation is 1. The number of nitrogens with zero attached hydrogens (tertiary/aromatic N) is 4. The number of sulfonamides is 1. The first kappa shape index (κ1) is 19.7. The van der Waals surface area contributed by atoms with Crippen LogP contribution in [0.2, 0.25) is 0 Å². The molecule has 154 valence electrons. The van der Waals surface area contributed by atoms with Crippen molar-refractivity contribution in [2.45, 2.75) is 31.7 Å². The minimum Gasteiger partial charge on any atom is -0.371 e. The standard InChI is InChI=1S/C21H27N4O3S/c1-15-7-5-9-19-21(15)25(12-11-22(19)4)29(27,28)20-10-6-8-18(17(20)3)24-14-23(26)13-16(24)2/h5-10,16H,11-14H2,1-4H3/q+1. The lowest BCUT2D eigenvalue weighted by Gasteiger charge is -2.37. The van der Waals surface area contributed by atoms with E-state index in [0.717, 1.165) is 27.4 Å². The second kappa shape index (κ2) is 7.02. The van der Waals surface area contributed by atoms with Gasteiger partial charge in [-0.3, -0.25) is 4.31 Å². The fraction of sp³-hybridized carbons (Fsp3) is 0.429. The van der Waals surface area contributed by atoms with Gasteiger partial charge in [0.1, 0.15) is 0 Å². The highest BCUT2D eigenvalue weighted by Gasteiger charge is 2.37. The van der Waals surface area contributed by atoms with Gasteiger partial charge in [0.25, 0.3) is 16.7 Å². The van der Waals surface area contributed by atoms with Gasteiger partial charge in [-0.15, -0.1) is 0 Å². The molecule has 2 aliphatic rings. The molecule has 2 aromatic carbocycles. The lowest BCUT2D eigenvalue weighted by molar-refractivity contribution is -0.527. The van der Waals surface area contributed by atoms with Crippen LogP contribution in [0.25, 0.3) is 0 Å². The number of para-hydroxylation sites is 1. The molecule has 0 aliphatic carbocycles. The van der Waals surface area contributed by atoms with E-state index in [1.54, 1.807) is 12.1 Å². The summed E-state index contributed by atoms with van der Waals surface area (Å²) in [6.45, 7) is 7.45. The monoisotopic (exact) mass is 415 g/mol. The Kier molecular flexibility index (Phi) is 4.77. The topological polar surface area (TPSA) is 63.9 Å². The van der Waals surface area contributed by atoms with Gasteiger partial charge in [-0.2, -0.15) is 0 Å². The highest BCUT2D eigenvalue weighted by Crippen LogP contribution is 2.40. The Morgan fingerprint density at radius 3 is 2.41 bits per heavy atom. The summed E-state index contributed by atoms with van der Waals surface area (Å²) < 4.78 is 30.1. The van der Waals surface area contributed by atoms with E-state index in [1.165, 1.54) is 4.31 Å². The fourth-order valence-corrected chi connectivity index (χ4v) is 6.15. The number of benzene rings is 2. The lowest BCUT2D eigenvalue weighted by atomic mass is 10.1. The highest BCUT2D eigenvalue weighted by molar-refractivity contribution is 7.93. The molecule has 1 unspecified atom stereocenters. The number of hydrogen-bond acceptors (Lipinski definition) is 5. The van der Waals surface area contributed by atoms with Crippen LogP contribution in [0.1, 0.15) is 18.1 Å². The average molecular weight is 416 g/mol. The van der Waals surface area contributed by atoms with Gasteiger partial charge in [0.05, 0.1) is 28.9 Å². The summed E-state index contributed by atoms with van der Waals surface area (Å²) in [5.41, 5.74) is 4.08. The number of likely N-dealkylation sites (N-methyl/N-ethyl adjacent to an activating group) is 1. The van der Waals surface area contributed by atoms with Gasteiger partial charge in [-0.1, -0.05) is 18.2 Å². The second-order valence-electron chi connectivity index (χ2n) is 7.97. The Morgan fingerprint density at radius 2 is 1.72 bits per heavy atom. The van der Waals surface area contributed by atoms with Crippen LogP contribution in [0.3, 0.4) is 0 Å². The van der Waals surface area contributed by atoms with Gasteiger partial charge in [0.2, 0.25) is 6.54 Å². The SMILES string of the molecule is Cc1cccc2c1N(S(=O)(=O)c1cccc(N3C[N+](=O)CC3C)c1C)CCN2C. The van der Waals surface area contributed by atoms with Gasteiger partial charge in [0, 0.05) is 28.9 Å². The van der Waals surface area contributed by atoms with E-state index >= 15 is 0 Å². The molecule has 0 amide bonds. The maximum atomic E-state index is 13.8. The molecule has 2 aromatic rings. The quantitative estimate of drug-likeness (QED) is 0.722. The van der Waals surface area contributed by atoms with Gasteiger partial charge in [-0.25, -0.2) is 8.42 Å². The normalized spacial score (nSPS) is 19.7. The number of anilines is 3. The van der Waals surface area contributed by atoms with Crippen molar-refractivity contribution in [3.8, 4) is 0 Å². The van der Waals surface area contributed by atoms with E-state index < -0.39 is 10.0 Å². The van der Waals surface area contributed by atoms with Crippen molar-refractivity contribution < 1.29 is 13.2 Å². The van der Waals surface area contributed by atoms with Crippen LogP contribution in [0.5, 0.6) is 0 Å². The third-order valence-corrected chi connectivity index (χ3v) is 7.90. The Morgan fingerprint density at radius 1 is 1.03 bits per heavy atom. The summed E-state index contributed by atoms with van der Waals surface area (Å²) in [6, 6.07) is 11.2. The largest absolute Gasteiger partial charge is 0.371 e. The molecule has 0 bridgehead atoms. The van der Waals surface area contributed by atoms with Crippen molar-refractivity contribution in [2.24, 2.45) is 0 Å². The van der Waals surface area contributed by atoms with Crippen LogP contribution in [-0.4, -0.2) is 52.6 Å². The summed E-state index contributed by atoms with van der Waals surface area (Å²) in [5, 5.41) is 0. The number of fused-ring (bicyclic) bond motifs is 1. The molecule has 2 heterocycles. The zero-order valence-corrected chi connectivity index (χ0v) is 18.1. The molecular weight excluding hydrogens is 388 g/mol. The van der Waals surface area contributed by atoms with Crippen molar-refractivity contribution in [3.05, 3.63) is 52.4 Å². The van der Waals surface area contributed by atoms with Gasteiger partial charge in [0.15, 0.2) is 0 Å². The summed E-state index contributed by atoms with van der Waals surface area (Å²) in [6.07, 6.45) is 0. The van der Waals surface area contributed by atoms with E-state index in [4.69, 9.17) is 0 Å². The van der Waals surface area contributed by atoms with E-state index in [0.29, 0.717) is 30.1 Å². The molecule has 0 radical (unpaired) electrons.